The lowest BCUT2D eigenvalue weighted by atomic mass is 10.2. The molecular formula is C18H18F3N5O2. The number of hydrogen-bond donors (Lipinski definition) is 1. The summed E-state index contributed by atoms with van der Waals surface area (Å²) in [5.41, 5.74) is 1.72. The Bertz CT molecular complexity index is 954. The van der Waals surface area contributed by atoms with Crippen molar-refractivity contribution in [1.82, 2.24) is 25.1 Å². The fourth-order valence-corrected chi connectivity index (χ4v) is 2.55. The Morgan fingerprint density at radius 1 is 1.25 bits per heavy atom. The number of hydrogen-bond acceptors (Lipinski definition) is 5. The Hall–Kier alpha value is -3.17. The first-order valence-corrected chi connectivity index (χ1v) is 8.60. The van der Waals surface area contributed by atoms with Gasteiger partial charge in [-0.25, -0.2) is 4.98 Å². The fraction of sp³-hybridized carbons (Fsp3) is 0.333. The molecule has 0 aliphatic heterocycles. The highest BCUT2D eigenvalue weighted by Crippen LogP contribution is 2.20. The van der Waals surface area contributed by atoms with Crippen molar-refractivity contribution in [3.63, 3.8) is 0 Å². The quantitative estimate of drug-likeness (QED) is 0.667. The van der Waals surface area contributed by atoms with Gasteiger partial charge in [-0.3, -0.25) is 14.5 Å². The molecule has 0 radical (unpaired) electrons. The van der Waals surface area contributed by atoms with Crippen LogP contribution in [-0.2, 0) is 6.54 Å². The van der Waals surface area contributed by atoms with Crippen LogP contribution in [0.4, 0.5) is 13.2 Å². The Morgan fingerprint density at radius 3 is 2.75 bits per heavy atom. The van der Waals surface area contributed by atoms with Gasteiger partial charge in [-0.05, 0) is 18.6 Å². The van der Waals surface area contributed by atoms with Crippen molar-refractivity contribution in [2.75, 3.05) is 13.2 Å². The average Bonchev–Trinajstić information content (AvgIpc) is 3.04. The van der Waals surface area contributed by atoms with E-state index in [0.717, 1.165) is 5.56 Å². The number of aromatic nitrogens is 4. The Kier molecular flexibility index (Phi) is 5.76. The zero-order valence-electron chi connectivity index (χ0n) is 15.0. The molecule has 0 saturated heterocycles. The lowest BCUT2D eigenvalue weighted by Gasteiger charge is -2.08. The Balaban J connectivity index is 1.69. The van der Waals surface area contributed by atoms with Crippen LogP contribution < -0.4 is 10.1 Å². The molecule has 0 aliphatic carbocycles. The van der Waals surface area contributed by atoms with Gasteiger partial charge in [0.25, 0.3) is 5.91 Å². The van der Waals surface area contributed by atoms with Crippen molar-refractivity contribution in [2.45, 2.75) is 26.1 Å². The van der Waals surface area contributed by atoms with Gasteiger partial charge in [0.05, 0.1) is 30.5 Å². The third-order valence-electron chi connectivity index (χ3n) is 3.81. The van der Waals surface area contributed by atoms with Crippen LogP contribution >= 0.6 is 0 Å². The van der Waals surface area contributed by atoms with Crippen molar-refractivity contribution < 1.29 is 22.7 Å². The van der Waals surface area contributed by atoms with Gasteiger partial charge in [-0.15, -0.1) is 0 Å². The van der Waals surface area contributed by atoms with E-state index in [-0.39, 0.29) is 11.8 Å². The standard InChI is InChI=1S/C18H18F3N5O2/c1-2-22-17(27)16-13-11-26(25-14(13)5-7-23-16)10-12-3-4-15(24-9-12)28-8-6-18(19,20)21/h3-5,7,9,11H,2,6,8,10H2,1H3,(H,22,27). The summed E-state index contributed by atoms with van der Waals surface area (Å²) in [6.45, 7) is 2.22. The summed E-state index contributed by atoms with van der Waals surface area (Å²) in [7, 11) is 0. The molecule has 148 valence electrons. The van der Waals surface area contributed by atoms with E-state index in [9.17, 15) is 18.0 Å². The first-order chi connectivity index (χ1) is 13.4. The molecule has 1 N–H and O–H groups in total. The van der Waals surface area contributed by atoms with E-state index in [2.05, 4.69) is 20.4 Å². The molecule has 10 heteroatoms. The topological polar surface area (TPSA) is 81.9 Å². The number of alkyl halides is 3. The number of nitrogens with zero attached hydrogens (tertiary/aromatic N) is 4. The molecule has 0 unspecified atom stereocenters. The third-order valence-corrected chi connectivity index (χ3v) is 3.81. The molecule has 3 aromatic heterocycles. The molecule has 1 amide bonds. The maximum atomic E-state index is 12.1. The van der Waals surface area contributed by atoms with Gasteiger partial charge >= 0.3 is 6.18 Å². The van der Waals surface area contributed by atoms with Gasteiger partial charge in [0, 0.05) is 31.2 Å². The minimum absolute atomic E-state index is 0.126. The normalized spacial score (nSPS) is 11.6. The first kappa shape index (κ1) is 19.6. The second-order valence-corrected chi connectivity index (χ2v) is 6.00. The average molecular weight is 393 g/mol. The lowest BCUT2D eigenvalue weighted by molar-refractivity contribution is -0.139. The predicted octanol–water partition coefficient (Wildman–Crippen LogP) is 2.96. The number of halogens is 3. The Labute approximate surface area is 158 Å². The van der Waals surface area contributed by atoms with Gasteiger partial charge < -0.3 is 10.1 Å². The molecule has 7 nitrogen and oxygen atoms in total. The molecule has 3 heterocycles. The van der Waals surface area contributed by atoms with E-state index in [0.29, 0.717) is 29.7 Å². The summed E-state index contributed by atoms with van der Waals surface area (Å²) in [5.74, 6) is -0.143. The number of amides is 1. The number of nitrogens with one attached hydrogen (secondary N) is 1. The first-order valence-electron chi connectivity index (χ1n) is 8.60. The summed E-state index contributed by atoms with van der Waals surface area (Å²) >= 11 is 0. The molecule has 0 fully saturated rings. The van der Waals surface area contributed by atoms with E-state index in [4.69, 9.17) is 4.74 Å². The minimum atomic E-state index is -4.26. The largest absolute Gasteiger partial charge is 0.477 e. The summed E-state index contributed by atoms with van der Waals surface area (Å²) in [5, 5.41) is 7.77. The van der Waals surface area contributed by atoms with Crippen LogP contribution in [0.3, 0.4) is 0 Å². The number of pyridine rings is 2. The molecule has 0 saturated carbocycles. The van der Waals surface area contributed by atoms with Crippen LogP contribution in [0, 0.1) is 0 Å². The maximum Gasteiger partial charge on any atom is 0.392 e. The van der Waals surface area contributed by atoms with Gasteiger partial charge in [-0.1, -0.05) is 6.07 Å². The number of carbonyl (C=O) groups is 1. The summed E-state index contributed by atoms with van der Waals surface area (Å²) in [6, 6.07) is 4.92. The van der Waals surface area contributed by atoms with Gasteiger partial charge in [0.15, 0.2) is 0 Å². The predicted molar refractivity (Wildman–Crippen MR) is 95.0 cm³/mol. The molecule has 0 aliphatic rings. The fourth-order valence-electron chi connectivity index (χ4n) is 2.55. The minimum Gasteiger partial charge on any atom is -0.477 e. The molecule has 3 rings (SSSR count). The highest BCUT2D eigenvalue weighted by molar-refractivity contribution is 6.04. The monoisotopic (exact) mass is 393 g/mol. The number of fused-ring (bicyclic) bond motifs is 1. The highest BCUT2D eigenvalue weighted by Gasteiger charge is 2.26. The van der Waals surface area contributed by atoms with E-state index in [1.165, 1.54) is 18.5 Å². The van der Waals surface area contributed by atoms with Crippen LogP contribution in [0.25, 0.3) is 10.9 Å². The van der Waals surface area contributed by atoms with Crippen molar-refractivity contribution >= 4 is 16.8 Å². The second kappa shape index (κ2) is 8.24. The molecule has 3 aromatic rings. The van der Waals surface area contributed by atoms with E-state index >= 15 is 0 Å². The number of carbonyl (C=O) groups excluding carboxylic acids is 1. The third kappa shape index (κ3) is 4.96. The van der Waals surface area contributed by atoms with Gasteiger partial charge in [0.1, 0.15) is 5.69 Å². The molecule has 0 bridgehead atoms. The highest BCUT2D eigenvalue weighted by atomic mass is 19.4. The van der Waals surface area contributed by atoms with Crippen molar-refractivity contribution in [3.05, 3.63) is 48.0 Å². The molecule has 0 atom stereocenters. The van der Waals surface area contributed by atoms with Crippen molar-refractivity contribution in [3.8, 4) is 5.88 Å². The molecule has 0 aromatic carbocycles. The van der Waals surface area contributed by atoms with Crippen molar-refractivity contribution in [1.29, 1.82) is 0 Å². The van der Waals surface area contributed by atoms with Crippen LogP contribution in [0.5, 0.6) is 5.88 Å². The number of rotatable bonds is 7. The molecule has 0 spiro atoms. The van der Waals surface area contributed by atoms with Gasteiger partial charge in [0.2, 0.25) is 5.88 Å². The Morgan fingerprint density at radius 2 is 2.07 bits per heavy atom. The van der Waals surface area contributed by atoms with Gasteiger partial charge in [-0.2, -0.15) is 18.3 Å². The smallest absolute Gasteiger partial charge is 0.392 e. The van der Waals surface area contributed by atoms with Crippen LogP contribution in [0.2, 0.25) is 0 Å². The zero-order chi connectivity index (χ0) is 20.1. The summed E-state index contributed by atoms with van der Waals surface area (Å²) in [4.78, 5) is 20.2. The van der Waals surface area contributed by atoms with Crippen molar-refractivity contribution in [2.24, 2.45) is 0 Å². The molecular weight excluding hydrogens is 375 g/mol. The SMILES string of the molecule is CCNC(=O)c1nccc2nn(Cc3ccc(OCCC(F)(F)F)nc3)cc12. The zero-order valence-corrected chi connectivity index (χ0v) is 15.0. The molecule has 28 heavy (non-hydrogen) atoms. The maximum absolute atomic E-state index is 12.1. The van der Waals surface area contributed by atoms with Crippen LogP contribution in [-0.4, -0.2) is 45.0 Å². The number of ether oxygens (including phenoxy) is 1. The summed E-state index contributed by atoms with van der Waals surface area (Å²) < 4.78 is 43.0. The van der Waals surface area contributed by atoms with E-state index < -0.39 is 19.2 Å². The summed E-state index contributed by atoms with van der Waals surface area (Å²) in [6.07, 6.45) is -0.528. The van der Waals surface area contributed by atoms with E-state index in [1.807, 2.05) is 6.92 Å². The van der Waals surface area contributed by atoms with Crippen LogP contribution in [0.1, 0.15) is 29.4 Å². The van der Waals surface area contributed by atoms with E-state index in [1.54, 1.807) is 23.0 Å². The second-order valence-electron chi connectivity index (χ2n) is 6.00. The lowest BCUT2D eigenvalue weighted by Crippen LogP contribution is -2.23. The van der Waals surface area contributed by atoms with Crippen LogP contribution in [0.15, 0.2) is 36.8 Å².